The molecular weight excluding hydrogens is 309 g/mol. The van der Waals surface area contributed by atoms with Gasteiger partial charge in [-0.1, -0.05) is 26.0 Å². The van der Waals surface area contributed by atoms with Crippen molar-refractivity contribution in [3.8, 4) is 6.07 Å². The Kier molecular flexibility index (Phi) is 8.37. The highest BCUT2D eigenvalue weighted by Gasteiger charge is 2.19. The number of nitriles is 1. The van der Waals surface area contributed by atoms with Gasteiger partial charge in [0.2, 0.25) is 5.91 Å². The molecule has 1 aromatic rings. The van der Waals surface area contributed by atoms with Crippen LogP contribution in [-0.4, -0.2) is 54.0 Å². The van der Waals surface area contributed by atoms with Crippen LogP contribution in [0.5, 0.6) is 0 Å². The molecule has 0 heterocycles. The van der Waals surface area contributed by atoms with E-state index in [1.165, 1.54) is 17.0 Å². The lowest BCUT2D eigenvalue weighted by molar-refractivity contribution is -0.131. The number of aliphatic hydroxyl groups is 1. The van der Waals surface area contributed by atoms with Crippen molar-refractivity contribution in [2.45, 2.75) is 26.4 Å². The topological polar surface area (TPSA) is 67.6 Å². The van der Waals surface area contributed by atoms with Gasteiger partial charge >= 0.3 is 0 Å². The third-order valence-electron chi connectivity index (χ3n) is 3.65. The third kappa shape index (κ3) is 7.07. The van der Waals surface area contributed by atoms with Crippen molar-refractivity contribution in [3.63, 3.8) is 0 Å². The van der Waals surface area contributed by atoms with Crippen LogP contribution in [0, 0.1) is 23.1 Å². The average Bonchev–Trinajstić information content (AvgIpc) is 2.52. The van der Waals surface area contributed by atoms with Crippen molar-refractivity contribution in [2.24, 2.45) is 5.92 Å². The molecule has 1 atom stereocenters. The van der Waals surface area contributed by atoms with Crippen LogP contribution in [-0.2, 0) is 4.79 Å². The van der Waals surface area contributed by atoms with Gasteiger partial charge in [0, 0.05) is 26.7 Å². The van der Waals surface area contributed by atoms with E-state index in [2.05, 4.69) is 0 Å². The molecule has 0 fully saturated rings. The smallest absolute Gasteiger partial charge is 0.236 e. The number of hydrogen-bond donors (Lipinski definition) is 1. The van der Waals surface area contributed by atoms with Crippen LogP contribution in [0.2, 0.25) is 0 Å². The van der Waals surface area contributed by atoms with Crippen molar-refractivity contribution in [1.29, 1.82) is 5.26 Å². The Morgan fingerprint density at radius 3 is 2.46 bits per heavy atom. The second-order valence-corrected chi connectivity index (χ2v) is 6.38. The van der Waals surface area contributed by atoms with Gasteiger partial charge in [-0.05, 0) is 23.6 Å². The molecule has 0 aliphatic carbocycles. The fraction of sp³-hybridized carbons (Fsp3) is 0.556. The van der Waals surface area contributed by atoms with E-state index in [0.717, 1.165) is 0 Å². The Hall–Kier alpha value is -1.97. The molecule has 0 saturated carbocycles. The maximum absolute atomic E-state index is 13.0. The van der Waals surface area contributed by atoms with Gasteiger partial charge in [0.25, 0.3) is 0 Å². The molecule has 1 amide bonds. The van der Waals surface area contributed by atoms with E-state index in [1.54, 1.807) is 19.2 Å². The average molecular weight is 335 g/mol. The minimum absolute atomic E-state index is 0.0859. The molecule has 5 nitrogen and oxygen atoms in total. The van der Waals surface area contributed by atoms with Crippen LogP contribution < -0.4 is 0 Å². The maximum atomic E-state index is 13.0. The van der Waals surface area contributed by atoms with Crippen LogP contribution in [0.25, 0.3) is 0 Å². The largest absolute Gasteiger partial charge is 0.387 e. The molecule has 1 N–H and O–H groups in total. The van der Waals surface area contributed by atoms with E-state index in [-0.39, 0.29) is 18.3 Å². The molecule has 0 bridgehead atoms. The lowest BCUT2D eigenvalue weighted by atomic mass is 10.1. The van der Waals surface area contributed by atoms with Crippen LogP contribution in [0.4, 0.5) is 4.39 Å². The number of aliphatic hydroxyl groups excluding tert-OH is 1. The fourth-order valence-corrected chi connectivity index (χ4v) is 2.41. The van der Waals surface area contributed by atoms with Gasteiger partial charge in [-0.2, -0.15) is 5.26 Å². The van der Waals surface area contributed by atoms with Gasteiger partial charge < -0.3 is 10.0 Å². The molecular formula is C18H26FN3O2. The summed E-state index contributed by atoms with van der Waals surface area (Å²) in [5, 5.41) is 19.0. The van der Waals surface area contributed by atoms with Gasteiger partial charge in [-0.3, -0.25) is 9.69 Å². The summed E-state index contributed by atoms with van der Waals surface area (Å²) in [4.78, 5) is 15.7. The number of carbonyl (C=O) groups is 1. The molecule has 0 spiro atoms. The molecule has 0 saturated heterocycles. The maximum Gasteiger partial charge on any atom is 0.236 e. The SMILES string of the molecule is CC(C)CN(CC(=O)N(C)CCC#N)C[C@@H](O)c1ccc(F)cc1. The number of benzene rings is 1. The first kappa shape index (κ1) is 20.1. The minimum atomic E-state index is -0.790. The summed E-state index contributed by atoms with van der Waals surface area (Å²) < 4.78 is 13.0. The molecule has 0 aromatic heterocycles. The highest BCUT2D eigenvalue weighted by Crippen LogP contribution is 2.16. The predicted molar refractivity (Wildman–Crippen MR) is 90.5 cm³/mol. The number of rotatable bonds is 9. The van der Waals surface area contributed by atoms with Gasteiger partial charge in [-0.25, -0.2) is 4.39 Å². The van der Waals surface area contributed by atoms with Crippen LogP contribution in [0.3, 0.4) is 0 Å². The number of likely N-dealkylation sites (N-methyl/N-ethyl adjacent to an activating group) is 1. The molecule has 0 radical (unpaired) electrons. The van der Waals surface area contributed by atoms with Gasteiger partial charge in [0.15, 0.2) is 0 Å². The first-order valence-electron chi connectivity index (χ1n) is 8.10. The standard InChI is InChI=1S/C18H26FN3O2/c1-14(2)11-22(13-18(24)21(3)10-4-9-20)12-17(23)15-5-7-16(19)8-6-15/h5-8,14,17,23H,4,10-13H2,1-3H3/t17-/m1/s1. The first-order chi connectivity index (χ1) is 11.3. The Balaban J connectivity index is 2.69. The van der Waals surface area contributed by atoms with E-state index in [4.69, 9.17) is 5.26 Å². The van der Waals surface area contributed by atoms with Gasteiger partial charge in [-0.15, -0.1) is 0 Å². The summed E-state index contributed by atoms with van der Waals surface area (Å²) in [5.74, 6) is -0.0980. The molecule has 1 aromatic carbocycles. The Labute approximate surface area is 143 Å². The Morgan fingerprint density at radius 2 is 1.92 bits per heavy atom. The first-order valence-corrected chi connectivity index (χ1v) is 8.10. The second kappa shape index (κ2) is 10.0. The van der Waals surface area contributed by atoms with E-state index in [9.17, 15) is 14.3 Å². The van der Waals surface area contributed by atoms with Crippen molar-refractivity contribution >= 4 is 5.91 Å². The highest BCUT2D eigenvalue weighted by molar-refractivity contribution is 5.78. The Bertz CT molecular complexity index is 554. The zero-order valence-electron chi connectivity index (χ0n) is 14.6. The number of carbonyl (C=O) groups excluding carboxylic acids is 1. The van der Waals surface area contributed by atoms with E-state index in [0.29, 0.717) is 37.5 Å². The summed E-state index contributed by atoms with van der Waals surface area (Å²) >= 11 is 0. The quantitative estimate of drug-likeness (QED) is 0.751. The van der Waals surface area contributed by atoms with Crippen LogP contribution >= 0.6 is 0 Å². The summed E-state index contributed by atoms with van der Waals surface area (Å²) in [7, 11) is 1.67. The number of halogens is 1. The Morgan fingerprint density at radius 1 is 1.29 bits per heavy atom. The highest BCUT2D eigenvalue weighted by atomic mass is 19.1. The van der Waals surface area contributed by atoms with E-state index < -0.39 is 6.10 Å². The number of hydrogen-bond acceptors (Lipinski definition) is 4. The van der Waals surface area contributed by atoms with E-state index >= 15 is 0 Å². The lowest BCUT2D eigenvalue weighted by Gasteiger charge is -2.28. The molecule has 6 heteroatoms. The number of nitrogens with zero attached hydrogens (tertiary/aromatic N) is 3. The van der Waals surface area contributed by atoms with Crippen molar-refractivity contribution in [3.05, 3.63) is 35.6 Å². The molecule has 0 unspecified atom stereocenters. The molecule has 0 aliphatic rings. The van der Waals surface area contributed by atoms with Crippen molar-refractivity contribution in [2.75, 3.05) is 33.2 Å². The summed E-state index contributed by atoms with van der Waals surface area (Å²) in [6.07, 6.45) is -0.494. The van der Waals surface area contributed by atoms with Gasteiger partial charge in [0.05, 0.1) is 25.1 Å². The van der Waals surface area contributed by atoms with Crippen LogP contribution in [0.1, 0.15) is 31.9 Å². The van der Waals surface area contributed by atoms with Crippen LogP contribution in [0.15, 0.2) is 24.3 Å². The lowest BCUT2D eigenvalue weighted by Crippen LogP contribution is -2.42. The fourth-order valence-electron chi connectivity index (χ4n) is 2.41. The zero-order chi connectivity index (χ0) is 18.1. The predicted octanol–water partition coefficient (Wildman–Crippen LogP) is 2.19. The summed E-state index contributed by atoms with van der Waals surface area (Å²) in [6.45, 7) is 5.61. The molecule has 0 aliphatic heterocycles. The second-order valence-electron chi connectivity index (χ2n) is 6.38. The minimum Gasteiger partial charge on any atom is -0.387 e. The third-order valence-corrected chi connectivity index (χ3v) is 3.65. The number of amides is 1. The monoisotopic (exact) mass is 335 g/mol. The zero-order valence-corrected chi connectivity index (χ0v) is 14.6. The normalized spacial score (nSPS) is 12.2. The van der Waals surface area contributed by atoms with Crippen molar-refractivity contribution in [1.82, 2.24) is 9.80 Å². The molecule has 24 heavy (non-hydrogen) atoms. The van der Waals surface area contributed by atoms with Crippen molar-refractivity contribution < 1.29 is 14.3 Å². The molecule has 1 rings (SSSR count). The van der Waals surface area contributed by atoms with E-state index in [1.807, 2.05) is 24.8 Å². The van der Waals surface area contributed by atoms with Gasteiger partial charge in [0.1, 0.15) is 5.82 Å². The molecule has 132 valence electrons. The summed E-state index contributed by atoms with van der Waals surface area (Å²) in [5.41, 5.74) is 0.621. The summed E-state index contributed by atoms with van der Waals surface area (Å²) in [6, 6.07) is 7.74.